The number of hydrogen-bond acceptors (Lipinski definition) is 12. The van der Waals surface area contributed by atoms with Gasteiger partial charge >= 0.3 is 137 Å². The summed E-state index contributed by atoms with van der Waals surface area (Å²) in [4.78, 5) is 53.6. The molecule has 0 fully saturated rings. The zero-order valence-corrected chi connectivity index (χ0v) is 19.6. The van der Waals surface area contributed by atoms with Crippen LogP contribution in [0.25, 0.3) is 0 Å². The summed E-state index contributed by atoms with van der Waals surface area (Å²) >= 11 is 0. The maximum atomic E-state index is 8.93. The van der Waals surface area contributed by atoms with Gasteiger partial charge in [0.1, 0.15) is 0 Å². The van der Waals surface area contributed by atoms with E-state index in [4.69, 9.17) is 59.4 Å². The molecule has 0 aromatic carbocycles. The van der Waals surface area contributed by atoms with Gasteiger partial charge in [0.15, 0.2) is 0 Å². The number of carboxylic acids is 6. The van der Waals surface area contributed by atoms with Gasteiger partial charge in [-0.1, -0.05) is 0 Å². The minimum atomic E-state index is -2.19. The van der Waals surface area contributed by atoms with Gasteiger partial charge in [-0.25, -0.2) is 0 Å². The standard InChI is InChI=1S/3C2H2O4.2Al.2K.2H/c3*3-1(4)2(5)6;;;;;;/h3*(H,3,4)(H,5,6);;;;;;/q;;;2*+3;2*+1;2*-1/p-6. The monoisotopic (exact) mass is 398 g/mol. The van der Waals surface area contributed by atoms with E-state index >= 15 is 0 Å². The van der Waals surface area contributed by atoms with Crippen molar-refractivity contribution in [2.45, 2.75) is 0 Å². The summed E-state index contributed by atoms with van der Waals surface area (Å²) in [6.45, 7) is 0. The van der Waals surface area contributed by atoms with Crippen molar-refractivity contribution in [3.8, 4) is 0 Å². The predicted molar refractivity (Wildman–Crippen MR) is 43.8 cm³/mol. The molecule has 0 radical (unpaired) electrons. The Hall–Kier alpha value is 1.16. The van der Waals surface area contributed by atoms with E-state index in [9.17, 15) is 0 Å². The Morgan fingerprint density at radius 2 is 0.455 bits per heavy atom. The smallest absolute Gasteiger partial charge is 1.00 e. The van der Waals surface area contributed by atoms with Gasteiger partial charge in [0.05, 0.1) is 35.8 Å². The molecule has 0 rings (SSSR count). The molecule has 0 aromatic heterocycles. The zero-order valence-electron chi connectivity index (χ0n) is 13.1. The Kier molecular flexibility index (Phi) is 53.5. The van der Waals surface area contributed by atoms with Crippen LogP contribution in [-0.2, 0) is 28.8 Å². The molecular weight excluding hydrogens is 396 g/mol. The summed E-state index contributed by atoms with van der Waals surface area (Å²) in [6.07, 6.45) is 0. The number of carbonyl (C=O) groups is 6. The van der Waals surface area contributed by atoms with Gasteiger partial charge in [-0.3, -0.25) is 0 Å². The van der Waals surface area contributed by atoms with E-state index < -0.39 is 35.8 Å². The molecular formula is C6H2Al2K2O12. The second-order valence-corrected chi connectivity index (χ2v) is 1.72. The molecule has 0 aliphatic heterocycles. The second-order valence-electron chi connectivity index (χ2n) is 1.72. The molecule has 0 saturated heterocycles. The van der Waals surface area contributed by atoms with E-state index in [1.165, 1.54) is 0 Å². The third kappa shape index (κ3) is 49.7. The van der Waals surface area contributed by atoms with Gasteiger partial charge in [0, 0.05) is 0 Å². The molecule has 0 heterocycles. The molecule has 0 aromatic rings. The molecule has 0 amide bonds. The van der Waals surface area contributed by atoms with Gasteiger partial charge in [-0.2, -0.15) is 0 Å². The first-order valence-electron chi connectivity index (χ1n) is 3.20. The van der Waals surface area contributed by atoms with Crippen molar-refractivity contribution in [1.82, 2.24) is 0 Å². The average molecular weight is 398 g/mol. The topological polar surface area (TPSA) is 241 Å². The van der Waals surface area contributed by atoms with Crippen LogP contribution < -0.4 is 133 Å². The van der Waals surface area contributed by atoms with Crippen LogP contribution >= 0.6 is 0 Å². The summed E-state index contributed by atoms with van der Waals surface area (Å²) in [5.74, 6) is -13.1. The molecule has 0 N–H and O–H groups in total. The Bertz CT molecular complexity index is 301. The van der Waals surface area contributed by atoms with E-state index in [0.29, 0.717) is 0 Å². The Morgan fingerprint density at radius 1 is 0.409 bits per heavy atom. The van der Waals surface area contributed by atoms with Crippen LogP contribution in [0.5, 0.6) is 0 Å². The van der Waals surface area contributed by atoms with E-state index in [0.717, 1.165) is 0 Å². The molecule has 0 spiro atoms. The van der Waals surface area contributed by atoms with Crippen molar-refractivity contribution < 1.29 is 165 Å². The summed E-state index contributed by atoms with van der Waals surface area (Å²) in [5.41, 5.74) is 0. The average Bonchev–Trinajstić information content (AvgIpc) is 2.18. The van der Waals surface area contributed by atoms with E-state index in [1.807, 2.05) is 0 Å². The molecule has 12 nitrogen and oxygen atoms in total. The molecule has 0 aliphatic rings. The van der Waals surface area contributed by atoms with E-state index in [1.54, 1.807) is 0 Å². The van der Waals surface area contributed by atoms with Crippen molar-refractivity contribution in [2.24, 2.45) is 0 Å². The third-order valence-electron chi connectivity index (χ3n) is 0.500. The Morgan fingerprint density at radius 3 is 0.455 bits per heavy atom. The van der Waals surface area contributed by atoms with Gasteiger partial charge in [-0.05, 0) is 0 Å². The van der Waals surface area contributed by atoms with Gasteiger partial charge in [0.2, 0.25) is 0 Å². The second kappa shape index (κ2) is 27.0. The first kappa shape index (κ1) is 43.5. The molecule has 22 heavy (non-hydrogen) atoms. The Labute approximate surface area is 231 Å². The zero-order chi connectivity index (χ0) is 15.5. The van der Waals surface area contributed by atoms with Crippen molar-refractivity contribution >= 4 is 70.5 Å². The molecule has 0 saturated carbocycles. The van der Waals surface area contributed by atoms with Crippen LogP contribution in [0.1, 0.15) is 2.85 Å². The Balaban J connectivity index is -0.0000000179. The number of carboxylic acid groups (broad SMARTS) is 6. The van der Waals surface area contributed by atoms with Crippen LogP contribution in [0.4, 0.5) is 0 Å². The molecule has 16 heteroatoms. The van der Waals surface area contributed by atoms with E-state index in [-0.39, 0.29) is 140 Å². The summed E-state index contributed by atoms with van der Waals surface area (Å²) in [5, 5.41) is 53.6. The molecule has 0 atom stereocenters. The summed E-state index contributed by atoms with van der Waals surface area (Å²) in [6, 6.07) is 0. The van der Waals surface area contributed by atoms with Gasteiger partial charge in [0.25, 0.3) is 0 Å². The van der Waals surface area contributed by atoms with Crippen molar-refractivity contribution in [2.75, 3.05) is 0 Å². The van der Waals surface area contributed by atoms with Crippen LogP contribution in [0.3, 0.4) is 0 Å². The van der Waals surface area contributed by atoms with Crippen molar-refractivity contribution in [3.63, 3.8) is 0 Å². The van der Waals surface area contributed by atoms with Crippen LogP contribution in [0, 0.1) is 0 Å². The first-order chi connectivity index (χ1) is 7.93. The molecule has 0 unspecified atom stereocenters. The van der Waals surface area contributed by atoms with Crippen LogP contribution in [0.2, 0.25) is 0 Å². The summed E-state index contributed by atoms with van der Waals surface area (Å²) in [7, 11) is 0. The normalized spacial score (nSPS) is 6.00. The minimum absolute atomic E-state index is 0. The number of carbonyl (C=O) groups excluding carboxylic acids is 6. The molecule has 0 aliphatic carbocycles. The fourth-order valence-corrected chi connectivity index (χ4v) is 0. The SMILES string of the molecule is O=C([O-])C(=O)[O-].O=C([O-])C(=O)[O-].O=C([O-])C(=O)[O-].[Al+3].[Al+3].[H-].[H-].[K+].[K+]. The van der Waals surface area contributed by atoms with Gasteiger partial charge < -0.3 is 62.3 Å². The maximum Gasteiger partial charge on any atom is 3.00 e. The third-order valence-corrected chi connectivity index (χ3v) is 0.500. The summed E-state index contributed by atoms with van der Waals surface area (Å²) < 4.78 is 0. The van der Waals surface area contributed by atoms with Crippen LogP contribution in [-0.4, -0.2) is 70.5 Å². The largest absolute Gasteiger partial charge is 3.00 e. The predicted octanol–water partition coefficient (Wildman–Crippen LogP) is -17.1. The van der Waals surface area contributed by atoms with Crippen molar-refractivity contribution in [1.29, 1.82) is 0 Å². The maximum absolute atomic E-state index is 8.93. The quantitative estimate of drug-likeness (QED) is 0.273. The van der Waals surface area contributed by atoms with E-state index in [2.05, 4.69) is 0 Å². The fourth-order valence-electron chi connectivity index (χ4n) is 0. The number of rotatable bonds is 0. The minimum Gasteiger partial charge on any atom is -1.00 e. The number of hydrogen-bond donors (Lipinski definition) is 0. The van der Waals surface area contributed by atoms with Crippen LogP contribution in [0.15, 0.2) is 0 Å². The fraction of sp³-hybridized carbons (Fsp3) is 0. The van der Waals surface area contributed by atoms with Gasteiger partial charge in [-0.15, -0.1) is 0 Å². The molecule has 106 valence electrons. The van der Waals surface area contributed by atoms with Crippen molar-refractivity contribution in [3.05, 3.63) is 0 Å². The first-order valence-corrected chi connectivity index (χ1v) is 3.20. The molecule has 0 bridgehead atoms. The number of aliphatic carboxylic acids is 6.